The highest BCUT2D eigenvalue weighted by molar-refractivity contribution is 5.92. The maximum atomic E-state index is 15.3. The molecule has 0 atom stereocenters. The van der Waals surface area contributed by atoms with Gasteiger partial charge in [0.05, 0.1) is 23.1 Å². The van der Waals surface area contributed by atoms with E-state index in [2.05, 4.69) is 30.2 Å². The quantitative estimate of drug-likeness (QED) is 0.475. The van der Waals surface area contributed by atoms with Crippen molar-refractivity contribution in [3.05, 3.63) is 69.4 Å². The summed E-state index contributed by atoms with van der Waals surface area (Å²) >= 11 is 0. The number of aromatic amines is 1. The van der Waals surface area contributed by atoms with Crippen molar-refractivity contribution >= 4 is 28.1 Å². The third kappa shape index (κ3) is 3.67. The molecule has 1 aliphatic rings. The Balaban J connectivity index is 1.32. The molecule has 1 aliphatic heterocycles. The number of aromatic nitrogens is 4. The molecule has 1 amide bonds. The third-order valence-corrected chi connectivity index (χ3v) is 6.23. The third-order valence-electron chi connectivity index (χ3n) is 6.23. The molecule has 4 heterocycles. The molecule has 0 radical (unpaired) electrons. The highest BCUT2D eigenvalue weighted by atomic mass is 19.1. The topological polar surface area (TPSA) is 98.6 Å². The molecule has 9 nitrogen and oxygen atoms in total. The van der Waals surface area contributed by atoms with E-state index in [4.69, 9.17) is 0 Å². The highest BCUT2D eigenvalue weighted by Gasteiger charge is 2.22. The first-order chi connectivity index (χ1) is 16.4. The zero-order valence-electron chi connectivity index (χ0n) is 18.7. The smallest absolute Gasteiger partial charge is 0.277 e. The molecule has 1 aromatic carbocycles. The van der Waals surface area contributed by atoms with Crippen LogP contribution in [0.2, 0.25) is 0 Å². The molecular weight excluding hydrogens is 444 g/mol. The maximum Gasteiger partial charge on any atom is 0.277 e. The molecule has 4 aromatic rings. The molecule has 0 aliphatic carbocycles. The van der Waals surface area contributed by atoms with E-state index < -0.39 is 17.2 Å². The minimum Gasteiger partial charge on any atom is -0.368 e. The summed E-state index contributed by atoms with van der Waals surface area (Å²) in [5.41, 5.74) is 1.92. The zero-order valence-corrected chi connectivity index (χ0v) is 18.7. The number of amides is 1. The molecule has 2 N–H and O–H groups in total. The van der Waals surface area contributed by atoms with Crippen LogP contribution in [0.15, 0.2) is 35.3 Å². The lowest BCUT2D eigenvalue weighted by Crippen LogP contribution is -2.46. The molecule has 3 aromatic heterocycles. The number of benzene rings is 1. The van der Waals surface area contributed by atoms with Crippen LogP contribution in [0, 0.1) is 18.6 Å². The van der Waals surface area contributed by atoms with E-state index in [-0.39, 0.29) is 16.9 Å². The summed E-state index contributed by atoms with van der Waals surface area (Å²) in [6.45, 7) is 5.10. The molecule has 5 rings (SSSR count). The lowest BCUT2D eigenvalue weighted by molar-refractivity contribution is 0.0958. The van der Waals surface area contributed by atoms with Crippen LogP contribution in [0.4, 0.5) is 14.5 Å². The molecule has 0 unspecified atom stereocenters. The van der Waals surface area contributed by atoms with Crippen molar-refractivity contribution in [2.24, 2.45) is 0 Å². The lowest BCUT2D eigenvalue weighted by Gasteiger charge is -2.36. The van der Waals surface area contributed by atoms with Crippen LogP contribution >= 0.6 is 0 Å². The monoisotopic (exact) mass is 467 g/mol. The van der Waals surface area contributed by atoms with Gasteiger partial charge >= 0.3 is 0 Å². The summed E-state index contributed by atoms with van der Waals surface area (Å²) in [5.74, 6) is -1.52. The molecule has 0 bridgehead atoms. The average Bonchev–Trinajstić information content (AvgIpc) is 3.23. The highest BCUT2D eigenvalue weighted by Crippen LogP contribution is 2.24. The van der Waals surface area contributed by atoms with Crippen LogP contribution in [0.3, 0.4) is 0 Å². The number of H-pyrrole nitrogens is 1. The number of aryl methyl sites for hydroxylation is 1. The normalized spacial score (nSPS) is 14.8. The molecule has 1 fully saturated rings. The van der Waals surface area contributed by atoms with Gasteiger partial charge < -0.3 is 15.2 Å². The Morgan fingerprint density at radius 2 is 1.91 bits per heavy atom. The minimum atomic E-state index is -0.751. The van der Waals surface area contributed by atoms with Crippen molar-refractivity contribution in [1.29, 1.82) is 0 Å². The Labute approximate surface area is 193 Å². The summed E-state index contributed by atoms with van der Waals surface area (Å²) in [4.78, 5) is 35.2. The summed E-state index contributed by atoms with van der Waals surface area (Å²) < 4.78 is 30.3. The van der Waals surface area contributed by atoms with Crippen LogP contribution in [-0.4, -0.2) is 63.6 Å². The van der Waals surface area contributed by atoms with Gasteiger partial charge in [0, 0.05) is 45.3 Å². The van der Waals surface area contributed by atoms with Crippen molar-refractivity contribution in [3.63, 3.8) is 0 Å². The van der Waals surface area contributed by atoms with Crippen LogP contribution in [0.25, 0.3) is 16.6 Å². The van der Waals surface area contributed by atoms with E-state index in [1.165, 1.54) is 0 Å². The first kappa shape index (κ1) is 22.0. The van der Waals surface area contributed by atoms with Gasteiger partial charge in [-0.3, -0.25) is 14.5 Å². The number of carbonyl (C=O) groups excluding carboxylic acids is 1. The number of rotatable bonds is 4. The second-order valence-electron chi connectivity index (χ2n) is 8.28. The first-order valence-electron chi connectivity index (χ1n) is 10.9. The maximum absolute atomic E-state index is 15.3. The van der Waals surface area contributed by atoms with Gasteiger partial charge in [-0.1, -0.05) is 6.07 Å². The van der Waals surface area contributed by atoms with Crippen LogP contribution < -0.4 is 15.8 Å². The van der Waals surface area contributed by atoms with Crippen molar-refractivity contribution in [2.45, 2.75) is 13.5 Å². The number of hydrogen-bond donors (Lipinski definition) is 2. The van der Waals surface area contributed by atoms with Crippen LogP contribution in [0.1, 0.15) is 21.7 Å². The van der Waals surface area contributed by atoms with E-state index >= 15 is 4.39 Å². The molecular formula is C23H23F2N7O2. The molecule has 0 saturated carbocycles. The van der Waals surface area contributed by atoms with E-state index in [1.54, 1.807) is 25.2 Å². The molecule has 11 heteroatoms. The number of nitrogens with zero attached hydrogens (tertiary/aromatic N) is 5. The van der Waals surface area contributed by atoms with E-state index in [1.807, 2.05) is 13.0 Å². The molecule has 0 spiro atoms. The van der Waals surface area contributed by atoms with E-state index in [0.29, 0.717) is 36.4 Å². The number of halogens is 2. The fourth-order valence-corrected chi connectivity index (χ4v) is 4.45. The van der Waals surface area contributed by atoms with Gasteiger partial charge in [0.15, 0.2) is 17.2 Å². The predicted molar refractivity (Wildman–Crippen MR) is 123 cm³/mol. The molecule has 176 valence electrons. The summed E-state index contributed by atoms with van der Waals surface area (Å²) in [5, 5.41) is 6.44. The number of pyridine rings is 1. The van der Waals surface area contributed by atoms with E-state index in [0.717, 1.165) is 35.2 Å². The number of anilines is 1. The van der Waals surface area contributed by atoms with Gasteiger partial charge in [0.1, 0.15) is 11.2 Å². The summed E-state index contributed by atoms with van der Waals surface area (Å²) in [7, 11) is 1.57. The second-order valence-corrected chi connectivity index (χ2v) is 8.28. The van der Waals surface area contributed by atoms with Crippen molar-refractivity contribution in [3.8, 4) is 0 Å². The first-order valence-corrected chi connectivity index (χ1v) is 10.9. The summed E-state index contributed by atoms with van der Waals surface area (Å²) in [6, 6.07) is 6.90. The number of carbonyl (C=O) groups is 1. The van der Waals surface area contributed by atoms with Crippen LogP contribution in [0.5, 0.6) is 0 Å². The Morgan fingerprint density at radius 3 is 2.62 bits per heavy atom. The Hall–Kier alpha value is -3.86. The largest absolute Gasteiger partial charge is 0.368 e. The SMILES string of the molecule is CNC(=O)c1ccc(N2CCN(Cc3ccc4c([nH]c(=O)c5c(F)cnn54)c3F)CC2)c(C)n1. The van der Waals surface area contributed by atoms with Gasteiger partial charge in [-0.2, -0.15) is 5.10 Å². The van der Waals surface area contributed by atoms with Gasteiger partial charge in [0.2, 0.25) is 0 Å². The Bertz CT molecular complexity index is 1470. The lowest BCUT2D eigenvalue weighted by atomic mass is 10.1. The molecule has 1 saturated heterocycles. The zero-order chi connectivity index (χ0) is 24.0. The van der Waals surface area contributed by atoms with Gasteiger partial charge in [-0.15, -0.1) is 0 Å². The Kier molecular flexibility index (Phi) is 5.48. The minimum absolute atomic E-state index is 0.00893. The Morgan fingerprint density at radius 1 is 1.15 bits per heavy atom. The summed E-state index contributed by atoms with van der Waals surface area (Å²) in [6.07, 6.45) is 0.943. The number of fused-ring (bicyclic) bond motifs is 3. The van der Waals surface area contributed by atoms with Crippen LogP contribution in [-0.2, 0) is 6.54 Å². The predicted octanol–water partition coefficient (Wildman–Crippen LogP) is 1.84. The van der Waals surface area contributed by atoms with Gasteiger partial charge in [-0.25, -0.2) is 18.3 Å². The number of nitrogens with one attached hydrogen (secondary N) is 2. The van der Waals surface area contributed by atoms with Gasteiger partial charge in [0.25, 0.3) is 11.5 Å². The van der Waals surface area contributed by atoms with E-state index in [9.17, 15) is 14.0 Å². The fraction of sp³-hybridized carbons (Fsp3) is 0.304. The number of hydrogen-bond acceptors (Lipinski definition) is 6. The van der Waals surface area contributed by atoms with Gasteiger partial charge in [-0.05, 0) is 25.1 Å². The average molecular weight is 467 g/mol. The fourth-order valence-electron chi connectivity index (χ4n) is 4.45. The standard InChI is InChI=1S/C23H23F2N7O2/c1-13-17(6-4-16(28-13)22(33)26-2)31-9-7-30(8-10-31)12-14-3-5-18-20(19(14)25)29-23(34)21-15(24)11-27-32(18)21/h3-6,11H,7-10,12H2,1-2H3,(H,26,33)(H,29,34). The van der Waals surface area contributed by atoms with Crippen molar-refractivity contribution in [1.82, 2.24) is 29.8 Å². The van der Waals surface area contributed by atoms with Crippen molar-refractivity contribution in [2.75, 3.05) is 38.1 Å². The second kappa shape index (κ2) is 8.49. The van der Waals surface area contributed by atoms with Crippen molar-refractivity contribution < 1.29 is 13.6 Å². The number of piperazine rings is 1. The molecule has 34 heavy (non-hydrogen) atoms.